The molecule has 0 aliphatic heterocycles. The molecule has 0 saturated heterocycles. The summed E-state index contributed by atoms with van der Waals surface area (Å²) in [6, 6.07) is 16.8. The van der Waals surface area contributed by atoms with Crippen molar-refractivity contribution in [3.05, 3.63) is 83.6 Å². The van der Waals surface area contributed by atoms with Crippen LogP contribution in [0.1, 0.15) is 40.6 Å². The van der Waals surface area contributed by atoms with E-state index in [1.165, 1.54) is 28.2 Å². The molecule has 0 radical (unpaired) electrons. The zero-order valence-corrected chi connectivity index (χ0v) is 25.8. The van der Waals surface area contributed by atoms with E-state index < -0.39 is 10.0 Å². The number of carbonyl (C=O) groups excluding carboxylic acids is 2. The molecule has 2 aromatic heterocycles. The van der Waals surface area contributed by atoms with E-state index in [0.29, 0.717) is 33.7 Å². The van der Waals surface area contributed by atoms with Crippen LogP contribution in [0.4, 0.5) is 21.5 Å². The lowest BCUT2D eigenvalue weighted by atomic mass is 10.0. The van der Waals surface area contributed by atoms with Gasteiger partial charge in [-0.1, -0.05) is 5.21 Å². The number of hydrogen-bond donors (Lipinski definition) is 4. The molecular weight excluding hydrogens is 615 g/mol. The molecule has 5 aromatic rings. The van der Waals surface area contributed by atoms with E-state index in [9.17, 15) is 22.4 Å². The van der Waals surface area contributed by atoms with Crippen LogP contribution in [0.2, 0.25) is 0 Å². The fourth-order valence-electron chi connectivity index (χ4n) is 5.21. The lowest BCUT2D eigenvalue weighted by molar-refractivity contribution is -0.120. The second-order valence-electron chi connectivity index (χ2n) is 10.9. The molecule has 6 rings (SSSR count). The Hall–Kier alpha value is -5.38. The number of H-pyrrole nitrogens is 1. The first-order valence-electron chi connectivity index (χ1n) is 14.5. The van der Waals surface area contributed by atoms with Crippen molar-refractivity contribution in [2.45, 2.75) is 25.2 Å². The number of carbonyl (C=O) groups is 2. The molecule has 0 unspecified atom stereocenters. The minimum Gasteiger partial charge on any atom is -0.356 e. The summed E-state index contributed by atoms with van der Waals surface area (Å²) in [5.41, 5.74) is 4.06. The molecule has 0 bridgehead atoms. The van der Waals surface area contributed by atoms with Crippen molar-refractivity contribution in [3.63, 3.8) is 0 Å². The maximum absolute atomic E-state index is 13.3. The average Bonchev–Trinajstić information content (AvgIpc) is 3.62. The standard InChI is InChI=1S/C30H31FN10O4S/c1-32-30(43)29-24-15-23(18-3-4-18)26(40(46(2,44)45)14-13-33-28(42)17-27-35-38-39-36-27)16-25(24)37-41(29)22-11-9-21(10-12-22)34-20-7-5-19(31)6-8-20/h5-12,15-16,18,34H,3-4,13-14,17H2,1-2H3,(H,32,43)(H,33,42)(H,35,36,38,39). The largest absolute Gasteiger partial charge is 0.356 e. The molecular formula is C30H31FN10O4S. The Bertz CT molecular complexity index is 1990. The van der Waals surface area contributed by atoms with Crippen LogP contribution in [-0.2, 0) is 21.2 Å². The number of rotatable bonds is 12. The first-order chi connectivity index (χ1) is 22.1. The topological polar surface area (TPSA) is 180 Å². The Morgan fingerprint density at radius 1 is 1.07 bits per heavy atom. The highest BCUT2D eigenvalue weighted by molar-refractivity contribution is 7.92. The van der Waals surface area contributed by atoms with Gasteiger partial charge in [0.25, 0.3) is 5.91 Å². The molecule has 14 nitrogen and oxygen atoms in total. The Labute approximate surface area is 263 Å². The highest BCUT2D eigenvalue weighted by atomic mass is 32.2. The van der Waals surface area contributed by atoms with Crippen LogP contribution >= 0.6 is 0 Å². The summed E-state index contributed by atoms with van der Waals surface area (Å²) in [5, 5.41) is 27.2. The van der Waals surface area contributed by atoms with Crippen LogP contribution in [0.15, 0.2) is 60.7 Å². The summed E-state index contributed by atoms with van der Waals surface area (Å²) < 4.78 is 42.3. The van der Waals surface area contributed by atoms with Gasteiger partial charge in [-0.15, -0.1) is 10.2 Å². The van der Waals surface area contributed by atoms with Crippen LogP contribution in [0.3, 0.4) is 0 Å². The van der Waals surface area contributed by atoms with Crippen LogP contribution in [0.5, 0.6) is 0 Å². The van der Waals surface area contributed by atoms with Gasteiger partial charge in [-0.05, 0) is 85.0 Å². The zero-order chi connectivity index (χ0) is 32.4. The average molecular weight is 647 g/mol. The number of amides is 2. The fraction of sp³-hybridized carbons (Fsp3) is 0.267. The molecule has 1 aliphatic rings. The maximum atomic E-state index is 13.3. The number of anilines is 3. The first-order valence-corrected chi connectivity index (χ1v) is 16.3. The van der Waals surface area contributed by atoms with Gasteiger partial charge in [0.05, 0.1) is 36.1 Å². The highest BCUT2D eigenvalue weighted by Crippen LogP contribution is 2.46. The van der Waals surface area contributed by atoms with Crippen molar-refractivity contribution in [1.82, 2.24) is 41.0 Å². The molecule has 16 heteroatoms. The molecule has 238 valence electrons. The number of halogens is 1. The Balaban J connectivity index is 1.33. The van der Waals surface area contributed by atoms with Gasteiger partial charge in [0, 0.05) is 30.4 Å². The fourth-order valence-corrected chi connectivity index (χ4v) is 6.15. The van der Waals surface area contributed by atoms with E-state index in [0.717, 1.165) is 30.3 Å². The van der Waals surface area contributed by atoms with E-state index in [1.54, 1.807) is 30.3 Å². The second-order valence-corrected chi connectivity index (χ2v) is 12.8. The molecule has 0 spiro atoms. The van der Waals surface area contributed by atoms with Crippen LogP contribution in [0.25, 0.3) is 16.6 Å². The van der Waals surface area contributed by atoms with Crippen molar-refractivity contribution < 1.29 is 22.4 Å². The normalized spacial score (nSPS) is 13.0. The predicted molar refractivity (Wildman–Crippen MR) is 169 cm³/mol. The number of aromatic amines is 1. The van der Waals surface area contributed by atoms with Crippen molar-refractivity contribution in [3.8, 4) is 5.69 Å². The molecule has 4 N–H and O–H groups in total. The summed E-state index contributed by atoms with van der Waals surface area (Å²) in [5.74, 6) is -0.713. The van der Waals surface area contributed by atoms with Crippen LogP contribution < -0.4 is 20.3 Å². The molecule has 2 amide bonds. The Kier molecular flexibility index (Phi) is 8.36. The van der Waals surface area contributed by atoms with E-state index >= 15 is 0 Å². The van der Waals surface area contributed by atoms with Crippen molar-refractivity contribution in [2.24, 2.45) is 0 Å². The van der Waals surface area contributed by atoms with Crippen LogP contribution in [-0.4, -0.2) is 77.0 Å². The number of nitrogens with zero attached hydrogens (tertiary/aromatic N) is 6. The van der Waals surface area contributed by atoms with E-state index in [2.05, 4.69) is 36.6 Å². The maximum Gasteiger partial charge on any atom is 0.270 e. The van der Waals surface area contributed by atoms with Gasteiger partial charge in [0.1, 0.15) is 11.5 Å². The number of benzene rings is 3. The summed E-state index contributed by atoms with van der Waals surface area (Å²) in [6.45, 7) is 0.0235. The lowest BCUT2D eigenvalue weighted by Crippen LogP contribution is -2.39. The van der Waals surface area contributed by atoms with Gasteiger partial charge in [-0.25, -0.2) is 17.5 Å². The van der Waals surface area contributed by atoms with Gasteiger partial charge in [-0.2, -0.15) is 10.3 Å². The smallest absolute Gasteiger partial charge is 0.270 e. The number of tetrazole rings is 1. The van der Waals surface area contributed by atoms with Gasteiger partial charge in [-0.3, -0.25) is 13.9 Å². The summed E-state index contributed by atoms with van der Waals surface area (Å²) in [7, 11) is -2.23. The van der Waals surface area contributed by atoms with E-state index in [4.69, 9.17) is 5.10 Å². The number of nitrogens with one attached hydrogen (secondary N) is 4. The molecule has 3 aromatic carbocycles. The first kappa shape index (κ1) is 30.6. The monoisotopic (exact) mass is 646 g/mol. The van der Waals surface area contributed by atoms with Crippen LogP contribution in [0, 0.1) is 5.82 Å². The van der Waals surface area contributed by atoms with Gasteiger partial charge < -0.3 is 16.0 Å². The van der Waals surface area contributed by atoms with Crippen molar-refractivity contribution >= 4 is 49.8 Å². The van der Waals surface area contributed by atoms with E-state index in [-0.39, 0.29) is 48.9 Å². The highest BCUT2D eigenvalue weighted by Gasteiger charge is 2.32. The third-order valence-corrected chi connectivity index (χ3v) is 8.72. The summed E-state index contributed by atoms with van der Waals surface area (Å²) in [4.78, 5) is 25.6. The Morgan fingerprint density at radius 2 is 1.76 bits per heavy atom. The minimum atomic E-state index is -3.77. The summed E-state index contributed by atoms with van der Waals surface area (Å²) >= 11 is 0. The second kappa shape index (κ2) is 12.5. The number of aromatic nitrogens is 6. The predicted octanol–water partition coefficient (Wildman–Crippen LogP) is 2.78. The SMILES string of the molecule is CNC(=O)c1c2cc(C3CC3)c(N(CCNC(=O)Cc3nn[nH]n3)S(C)(=O)=O)cc2nn1-c1ccc(Nc2ccc(F)cc2)cc1. The molecule has 2 heterocycles. The molecule has 0 atom stereocenters. The Morgan fingerprint density at radius 3 is 2.37 bits per heavy atom. The van der Waals surface area contributed by atoms with Gasteiger partial charge in [0.2, 0.25) is 15.9 Å². The molecule has 1 aliphatic carbocycles. The summed E-state index contributed by atoms with van der Waals surface area (Å²) in [6.07, 6.45) is 2.77. The zero-order valence-electron chi connectivity index (χ0n) is 25.0. The molecule has 46 heavy (non-hydrogen) atoms. The third-order valence-electron chi connectivity index (χ3n) is 7.54. The van der Waals surface area contributed by atoms with Gasteiger partial charge in [0.15, 0.2) is 5.82 Å². The number of sulfonamides is 1. The number of fused-ring (bicyclic) bond motifs is 1. The lowest BCUT2D eigenvalue weighted by Gasteiger charge is -2.25. The molecule has 1 fully saturated rings. The quantitative estimate of drug-likeness (QED) is 0.159. The van der Waals surface area contributed by atoms with Crippen molar-refractivity contribution in [2.75, 3.05) is 36.0 Å². The number of hydrogen-bond acceptors (Lipinski definition) is 9. The molecule has 1 saturated carbocycles. The van der Waals surface area contributed by atoms with Crippen molar-refractivity contribution in [1.29, 1.82) is 0 Å². The minimum absolute atomic E-state index is 0.0203. The third kappa shape index (κ3) is 6.66. The van der Waals surface area contributed by atoms with Gasteiger partial charge >= 0.3 is 0 Å². The van der Waals surface area contributed by atoms with E-state index in [1.807, 2.05) is 18.2 Å².